The molecule has 0 aromatic heterocycles. The quantitative estimate of drug-likeness (QED) is 0.255. The van der Waals surface area contributed by atoms with Crippen molar-refractivity contribution in [2.24, 2.45) is 11.8 Å². The Morgan fingerprint density at radius 2 is 1.92 bits per heavy atom. The van der Waals surface area contributed by atoms with Crippen molar-refractivity contribution in [3.8, 4) is 0 Å². The van der Waals surface area contributed by atoms with Gasteiger partial charge in [0.25, 0.3) is 5.91 Å². The van der Waals surface area contributed by atoms with Gasteiger partial charge >= 0.3 is 5.97 Å². The summed E-state index contributed by atoms with van der Waals surface area (Å²) in [7, 11) is 0. The summed E-state index contributed by atoms with van der Waals surface area (Å²) >= 11 is 0. The summed E-state index contributed by atoms with van der Waals surface area (Å²) in [5.74, 6) is -2.49. The SMILES string of the molecule is C=CCOC(=O)[C@@H]1[C@H]2C(=O)N(CCCCCO)C(C(=O)N(CC=C)c3ccc4ccccc4c3)C23CC[C@H]1O3. The number of likely N-dealkylation sites (tertiary alicyclic amines) is 1. The summed E-state index contributed by atoms with van der Waals surface area (Å²) in [6.45, 7) is 8.21. The number of benzene rings is 2. The third-order valence-electron chi connectivity index (χ3n) is 8.33. The lowest BCUT2D eigenvalue weighted by Gasteiger charge is -2.37. The van der Waals surface area contributed by atoms with E-state index >= 15 is 0 Å². The van der Waals surface area contributed by atoms with Crippen LogP contribution in [0.5, 0.6) is 0 Å². The molecule has 39 heavy (non-hydrogen) atoms. The second kappa shape index (κ2) is 11.3. The van der Waals surface area contributed by atoms with Crippen LogP contribution >= 0.6 is 0 Å². The fraction of sp³-hybridized carbons (Fsp3) is 0.452. The van der Waals surface area contributed by atoms with Gasteiger partial charge in [0.05, 0.1) is 17.9 Å². The molecule has 3 heterocycles. The maximum atomic E-state index is 14.5. The summed E-state index contributed by atoms with van der Waals surface area (Å²) in [5, 5.41) is 11.3. The Morgan fingerprint density at radius 3 is 2.67 bits per heavy atom. The third-order valence-corrected chi connectivity index (χ3v) is 8.33. The highest BCUT2D eigenvalue weighted by molar-refractivity contribution is 6.05. The molecule has 2 unspecified atom stereocenters. The Hall–Kier alpha value is -3.49. The van der Waals surface area contributed by atoms with Gasteiger partial charge in [0, 0.05) is 25.4 Å². The van der Waals surface area contributed by atoms with Crippen molar-refractivity contribution in [1.29, 1.82) is 0 Å². The molecule has 2 aromatic carbocycles. The highest BCUT2D eigenvalue weighted by atomic mass is 16.6. The van der Waals surface area contributed by atoms with E-state index in [1.54, 1.807) is 15.9 Å². The second-order valence-electron chi connectivity index (χ2n) is 10.6. The van der Waals surface area contributed by atoms with Crippen LogP contribution in [0, 0.1) is 11.8 Å². The number of fused-ring (bicyclic) bond motifs is 2. The van der Waals surface area contributed by atoms with E-state index in [4.69, 9.17) is 9.47 Å². The maximum Gasteiger partial charge on any atom is 0.312 e. The predicted octanol–water partition coefficient (Wildman–Crippen LogP) is 3.63. The molecule has 3 fully saturated rings. The lowest BCUT2D eigenvalue weighted by atomic mass is 9.70. The van der Waals surface area contributed by atoms with Gasteiger partial charge in [-0.25, -0.2) is 0 Å². The average Bonchev–Trinajstić information content (AvgIpc) is 3.59. The number of aliphatic hydroxyl groups is 1. The zero-order chi connectivity index (χ0) is 27.6. The number of aliphatic hydroxyl groups excluding tert-OH is 1. The van der Waals surface area contributed by atoms with Crippen molar-refractivity contribution in [1.82, 2.24) is 4.90 Å². The van der Waals surface area contributed by atoms with Crippen LogP contribution in [0.3, 0.4) is 0 Å². The molecule has 5 rings (SSSR count). The van der Waals surface area contributed by atoms with E-state index in [2.05, 4.69) is 13.2 Å². The fourth-order valence-electron chi connectivity index (χ4n) is 6.69. The Labute approximate surface area is 228 Å². The largest absolute Gasteiger partial charge is 0.461 e. The van der Waals surface area contributed by atoms with Crippen LogP contribution in [0.4, 0.5) is 5.69 Å². The van der Waals surface area contributed by atoms with Gasteiger partial charge in [-0.1, -0.05) is 49.1 Å². The molecule has 0 saturated carbocycles. The molecule has 3 saturated heterocycles. The number of hydrogen-bond donors (Lipinski definition) is 1. The molecule has 2 amide bonds. The summed E-state index contributed by atoms with van der Waals surface area (Å²) < 4.78 is 11.9. The Balaban J connectivity index is 1.52. The predicted molar refractivity (Wildman–Crippen MR) is 148 cm³/mol. The first-order valence-electron chi connectivity index (χ1n) is 13.7. The summed E-state index contributed by atoms with van der Waals surface area (Å²) in [5.41, 5.74) is -0.384. The van der Waals surface area contributed by atoms with Crippen LogP contribution in [0.1, 0.15) is 32.1 Å². The highest BCUT2D eigenvalue weighted by Gasteiger charge is 2.75. The van der Waals surface area contributed by atoms with Gasteiger partial charge in [-0.05, 0) is 55.0 Å². The van der Waals surface area contributed by atoms with Crippen LogP contribution < -0.4 is 4.90 Å². The number of amides is 2. The number of rotatable bonds is 12. The van der Waals surface area contributed by atoms with E-state index in [1.807, 2.05) is 42.5 Å². The zero-order valence-electron chi connectivity index (χ0n) is 22.2. The van der Waals surface area contributed by atoms with E-state index in [0.717, 1.165) is 10.8 Å². The number of unbranched alkanes of at least 4 members (excludes halogenated alkanes) is 2. The minimum absolute atomic E-state index is 0.0538. The van der Waals surface area contributed by atoms with E-state index < -0.39 is 35.6 Å². The fourth-order valence-corrected chi connectivity index (χ4v) is 6.69. The Kier molecular flexibility index (Phi) is 7.86. The first kappa shape index (κ1) is 27.1. The van der Waals surface area contributed by atoms with Gasteiger partial charge in [0.2, 0.25) is 5.91 Å². The number of carbonyl (C=O) groups is 3. The van der Waals surface area contributed by atoms with E-state index in [1.165, 1.54) is 6.08 Å². The Bertz CT molecular complexity index is 1280. The minimum Gasteiger partial charge on any atom is -0.461 e. The van der Waals surface area contributed by atoms with Crippen LogP contribution in [-0.4, -0.2) is 71.8 Å². The number of carbonyl (C=O) groups excluding carboxylic acids is 3. The molecular weight excluding hydrogens is 496 g/mol. The van der Waals surface area contributed by atoms with Gasteiger partial charge in [-0.15, -0.1) is 6.58 Å². The number of esters is 1. The van der Waals surface area contributed by atoms with E-state index in [-0.39, 0.29) is 31.6 Å². The van der Waals surface area contributed by atoms with Crippen molar-refractivity contribution in [3.63, 3.8) is 0 Å². The molecule has 8 heteroatoms. The van der Waals surface area contributed by atoms with Crippen LogP contribution in [0.2, 0.25) is 0 Å². The molecule has 8 nitrogen and oxygen atoms in total. The van der Waals surface area contributed by atoms with E-state index in [0.29, 0.717) is 44.3 Å². The van der Waals surface area contributed by atoms with Gasteiger partial charge in [-0.2, -0.15) is 0 Å². The van der Waals surface area contributed by atoms with Crippen LogP contribution in [0.25, 0.3) is 10.8 Å². The van der Waals surface area contributed by atoms with Gasteiger partial charge in [-0.3, -0.25) is 14.4 Å². The second-order valence-corrected chi connectivity index (χ2v) is 10.6. The van der Waals surface area contributed by atoms with E-state index in [9.17, 15) is 19.5 Å². The zero-order valence-corrected chi connectivity index (χ0v) is 22.2. The van der Waals surface area contributed by atoms with Gasteiger partial charge < -0.3 is 24.4 Å². The average molecular weight is 533 g/mol. The first-order chi connectivity index (χ1) is 19.0. The standard InChI is InChI=1S/C31H36N2O6/c1-3-16-32(23-13-12-21-10-6-7-11-22(21)20-23)29(36)27-31-15-14-24(39-31)25(30(37)38-19-4-2)26(31)28(35)33(27)17-8-5-9-18-34/h3-4,6-7,10-13,20,24-27,34H,1-2,5,8-9,14-19H2/t24-,25+,26+,27?,31?/m1/s1. The van der Waals surface area contributed by atoms with Crippen LogP contribution in [-0.2, 0) is 23.9 Å². The smallest absolute Gasteiger partial charge is 0.312 e. The molecule has 2 bridgehead atoms. The highest BCUT2D eigenvalue weighted by Crippen LogP contribution is 2.59. The first-order valence-corrected chi connectivity index (χ1v) is 13.7. The lowest BCUT2D eigenvalue weighted by molar-refractivity contribution is -0.154. The van der Waals surface area contributed by atoms with Crippen molar-refractivity contribution in [2.45, 2.75) is 49.9 Å². The maximum absolute atomic E-state index is 14.5. The lowest BCUT2D eigenvalue weighted by Crippen LogP contribution is -2.56. The Morgan fingerprint density at radius 1 is 1.13 bits per heavy atom. The molecule has 2 aromatic rings. The number of hydrogen-bond acceptors (Lipinski definition) is 6. The van der Waals surface area contributed by atoms with Crippen molar-refractivity contribution in [2.75, 3.05) is 31.2 Å². The molecule has 1 N–H and O–H groups in total. The summed E-state index contributed by atoms with van der Waals surface area (Å²) in [6.07, 6.45) is 5.77. The number of ether oxygens (including phenoxy) is 2. The molecule has 1 spiro atoms. The van der Waals surface area contributed by atoms with Gasteiger partial charge in [0.1, 0.15) is 18.2 Å². The summed E-state index contributed by atoms with van der Waals surface area (Å²) in [4.78, 5) is 44.9. The molecule has 0 aliphatic carbocycles. The van der Waals surface area contributed by atoms with Crippen molar-refractivity contribution < 1.29 is 29.0 Å². The normalized spacial score (nSPS) is 27.0. The number of nitrogens with zero attached hydrogens (tertiary/aromatic N) is 2. The number of anilines is 1. The third kappa shape index (κ3) is 4.66. The molecule has 0 radical (unpaired) electrons. The topological polar surface area (TPSA) is 96.4 Å². The minimum atomic E-state index is -1.09. The van der Waals surface area contributed by atoms with Crippen LogP contribution in [0.15, 0.2) is 67.8 Å². The monoisotopic (exact) mass is 532 g/mol. The van der Waals surface area contributed by atoms with Gasteiger partial charge in [0.15, 0.2) is 0 Å². The molecule has 206 valence electrons. The molecule has 3 aliphatic rings. The van der Waals surface area contributed by atoms with Crippen molar-refractivity contribution in [3.05, 3.63) is 67.8 Å². The molecule has 5 atom stereocenters. The summed E-state index contributed by atoms with van der Waals surface area (Å²) in [6, 6.07) is 12.9. The van der Waals surface area contributed by atoms with Crippen molar-refractivity contribution >= 4 is 34.2 Å². The molecular formula is C31H36N2O6. The molecule has 3 aliphatic heterocycles.